The van der Waals surface area contributed by atoms with Crippen LogP contribution in [-0.2, 0) is 0 Å². The van der Waals surface area contributed by atoms with Crippen LogP contribution in [0.1, 0.15) is 51.9 Å². The van der Waals surface area contributed by atoms with Gasteiger partial charge in [0.1, 0.15) is 0 Å². The number of allylic oxidation sites excluding steroid dienone is 6. The van der Waals surface area contributed by atoms with Crippen LogP contribution in [0.3, 0.4) is 0 Å². The van der Waals surface area contributed by atoms with Crippen molar-refractivity contribution in [2.24, 2.45) is 0 Å². The van der Waals surface area contributed by atoms with E-state index in [2.05, 4.69) is 40.7 Å². The largest absolute Gasteiger partial charge is 0.330 e. The normalized spacial score (nSPS) is 11.6. The third kappa shape index (κ3) is 7.17. The zero-order valence-electron chi connectivity index (χ0n) is 16.2. The number of hydrogen-bond acceptors (Lipinski definition) is 2. The van der Waals surface area contributed by atoms with Gasteiger partial charge in [0, 0.05) is 24.2 Å². The van der Waals surface area contributed by atoms with E-state index in [1.165, 1.54) is 0 Å². The first-order chi connectivity index (χ1) is 12.3. The molecule has 3 nitrogen and oxygen atoms in total. The van der Waals surface area contributed by atoms with Gasteiger partial charge in [0.15, 0.2) is 0 Å². The Morgan fingerprint density at radius 1 is 1.12 bits per heavy atom. The van der Waals surface area contributed by atoms with Crippen molar-refractivity contribution < 1.29 is 0 Å². The van der Waals surface area contributed by atoms with Crippen molar-refractivity contribution in [3.63, 3.8) is 0 Å². The van der Waals surface area contributed by atoms with Crippen LogP contribution in [0.15, 0.2) is 80.6 Å². The predicted molar refractivity (Wildman–Crippen MR) is 110 cm³/mol. The Bertz CT molecular complexity index is 647. The summed E-state index contributed by atoms with van der Waals surface area (Å²) in [5.74, 6) is 0. The minimum Gasteiger partial charge on any atom is -0.330 e. The first kappa shape index (κ1) is 22.3. The van der Waals surface area contributed by atoms with Gasteiger partial charge in [-0.3, -0.25) is 4.98 Å². The smallest absolute Gasteiger partial charge is 0.0951 e. The Balaban J connectivity index is 0.00000134. The van der Waals surface area contributed by atoms with Gasteiger partial charge in [-0.15, -0.1) is 0 Å². The molecular formula is C22H31N3. The highest BCUT2D eigenvalue weighted by molar-refractivity contribution is 5.73. The van der Waals surface area contributed by atoms with Crippen molar-refractivity contribution in [3.05, 3.63) is 91.8 Å². The fraction of sp³-hybridized carbons (Fsp3) is 0.273. The molecule has 3 heteroatoms. The number of rotatable bonds is 6. The molecule has 0 amide bonds. The van der Waals surface area contributed by atoms with Crippen LogP contribution < -0.4 is 0 Å². The van der Waals surface area contributed by atoms with Crippen LogP contribution in [-0.4, -0.2) is 14.5 Å². The summed E-state index contributed by atoms with van der Waals surface area (Å²) in [4.78, 5) is 8.62. The summed E-state index contributed by atoms with van der Waals surface area (Å²) in [6.45, 7) is 17.5. The number of imidazole rings is 1. The van der Waals surface area contributed by atoms with Crippen molar-refractivity contribution in [2.75, 3.05) is 0 Å². The maximum Gasteiger partial charge on any atom is 0.0951 e. The van der Waals surface area contributed by atoms with Crippen molar-refractivity contribution in [2.45, 2.75) is 40.7 Å². The highest BCUT2D eigenvalue weighted by atomic mass is 15.0. The molecule has 0 aliphatic rings. The van der Waals surface area contributed by atoms with Crippen LogP contribution in [0.4, 0.5) is 0 Å². The van der Waals surface area contributed by atoms with Crippen molar-refractivity contribution >= 4 is 5.57 Å². The second-order valence-electron chi connectivity index (χ2n) is 4.62. The number of aromatic nitrogens is 3. The second-order valence-corrected chi connectivity index (χ2v) is 4.62. The monoisotopic (exact) mass is 337 g/mol. The molecule has 0 bridgehead atoms. The first-order valence-corrected chi connectivity index (χ1v) is 8.82. The molecule has 0 saturated carbocycles. The van der Waals surface area contributed by atoms with E-state index in [0.29, 0.717) is 0 Å². The highest BCUT2D eigenvalue weighted by Crippen LogP contribution is 2.19. The molecule has 2 heterocycles. The summed E-state index contributed by atoms with van der Waals surface area (Å²) >= 11 is 0. The second kappa shape index (κ2) is 13.7. The van der Waals surface area contributed by atoms with E-state index in [4.69, 9.17) is 0 Å². The molecular weight excluding hydrogens is 306 g/mol. The molecule has 0 aliphatic carbocycles. The van der Waals surface area contributed by atoms with Gasteiger partial charge >= 0.3 is 0 Å². The summed E-state index contributed by atoms with van der Waals surface area (Å²) < 4.78 is 2.05. The van der Waals surface area contributed by atoms with Gasteiger partial charge in [0.25, 0.3) is 0 Å². The molecule has 1 atom stereocenters. The summed E-state index contributed by atoms with van der Waals surface area (Å²) in [6, 6.07) is 4.32. The van der Waals surface area contributed by atoms with Crippen LogP contribution in [0.5, 0.6) is 0 Å². The van der Waals surface area contributed by atoms with Crippen molar-refractivity contribution in [3.8, 4) is 0 Å². The minimum absolute atomic E-state index is 0.213. The summed E-state index contributed by atoms with van der Waals surface area (Å²) in [6.07, 6.45) is 16.7. The van der Waals surface area contributed by atoms with E-state index in [1.54, 1.807) is 18.3 Å². The van der Waals surface area contributed by atoms with E-state index >= 15 is 0 Å². The van der Waals surface area contributed by atoms with Gasteiger partial charge in [0.2, 0.25) is 0 Å². The first-order valence-electron chi connectivity index (χ1n) is 8.82. The maximum atomic E-state index is 4.55. The number of pyridine rings is 1. The molecule has 25 heavy (non-hydrogen) atoms. The Kier molecular flexibility index (Phi) is 12.3. The molecule has 0 fully saturated rings. The molecule has 0 aliphatic heterocycles. The summed E-state index contributed by atoms with van der Waals surface area (Å²) in [5, 5.41) is 0. The van der Waals surface area contributed by atoms with Crippen molar-refractivity contribution in [1.82, 2.24) is 14.5 Å². The van der Waals surface area contributed by atoms with Gasteiger partial charge in [-0.25, -0.2) is 4.98 Å². The summed E-state index contributed by atoms with van der Waals surface area (Å²) in [7, 11) is 0. The van der Waals surface area contributed by atoms with Gasteiger partial charge in [-0.2, -0.15) is 0 Å². The fourth-order valence-corrected chi connectivity index (χ4v) is 2.02. The molecule has 1 unspecified atom stereocenters. The average molecular weight is 338 g/mol. The van der Waals surface area contributed by atoms with Crippen LogP contribution in [0.2, 0.25) is 0 Å². The Hall–Kier alpha value is -2.68. The topological polar surface area (TPSA) is 30.7 Å². The maximum absolute atomic E-state index is 4.55. The van der Waals surface area contributed by atoms with Crippen LogP contribution in [0, 0.1) is 0 Å². The van der Waals surface area contributed by atoms with Gasteiger partial charge in [-0.05, 0) is 18.6 Å². The molecule has 0 aromatic carbocycles. The number of nitrogens with zero attached hydrogens (tertiary/aromatic N) is 3. The standard InChI is InChI=1S/C18H19N3.2C2H6/c1-4-6-8-16(7-5-2)18-10-9-17(13-20-18)15(3)21-12-11-19-14-21;2*1-2/h4-15H,1-2H2,3H3;2*1-2H3/b8-6-,16-7+;;. The predicted octanol–water partition coefficient (Wildman–Crippen LogP) is 6.25. The van der Waals surface area contributed by atoms with Crippen LogP contribution in [0.25, 0.3) is 5.57 Å². The molecule has 134 valence electrons. The van der Waals surface area contributed by atoms with E-state index in [1.807, 2.05) is 70.7 Å². The average Bonchev–Trinajstić information content (AvgIpc) is 3.23. The molecule has 0 radical (unpaired) electrons. The lowest BCUT2D eigenvalue weighted by Gasteiger charge is -2.13. The number of hydrogen-bond donors (Lipinski definition) is 0. The molecule has 2 aromatic heterocycles. The highest BCUT2D eigenvalue weighted by Gasteiger charge is 2.08. The molecule has 0 saturated heterocycles. The van der Waals surface area contributed by atoms with Gasteiger partial charge < -0.3 is 4.57 Å². The Morgan fingerprint density at radius 3 is 2.32 bits per heavy atom. The lowest BCUT2D eigenvalue weighted by Crippen LogP contribution is -2.05. The lowest BCUT2D eigenvalue weighted by atomic mass is 10.1. The molecule has 0 spiro atoms. The Morgan fingerprint density at radius 2 is 1.84 bits per heavy atom. The molecule has 0 N–H and O–H groups in total. The fourth-order valence-electron chi connectivity index (χ4n) is 2.02. The SMILES string of the molecule is C=C/C=C\C(=C/C=C)c1ccc(C(C)n2ccnc2)cn1.CC.CC. The van der Waals surface area contributed by atoms with E-state index in [9.17, 15) is 0 Å². The third-order valence-electron chi connectivity index (χ3n) is 3.25. The van der Waals surface area contributed by atoms with Crippen molar-refractivity contribution in [1.29, 1.82) is 0 Å². The molecule has 2 aromatic rings. The summed E-state index contributed by atoms with van der Waals surface area (Å²) in [5.41, 5.74) is 3.06. The van der Waals surface area contributed by atoms with E-state index in [0.717, 1.165) is 16.8 Å². The van der Waals surface area contributed by atoms with Gasteiger partial charge in [-0.1, -0.05) is 77.3 Å². The lowest BCUT2D eigenvalue weighted by molar-refractivity contribution is 0.636. The third-order valence-corrected chi connectivity index (χ3v) is 3.25. The zero-order chi connectivity index (χ0) is 19.1. The quantitative estimate of drug-likeness (QED) is 0.583. The zero-order valence-corrected chi connectivity index (χ0v) is 16.2. The Labute approximate surface area is 153 Å². The van der Waals surface area contributed by atoms with E-state index < -0.39 is 0 Å². The van der Waals surface area contributed by atoms with E-state index in [-0.39, 0.29) is 6.04 Å². The van der Waals surface area contributed by atoms with Crippen LogP contribution >= 0.6 is 0 Å². The van der Waals surface area contributed by atoms with Gasteiger partial charge in [0.05, 0.1) is 18.1 Å². The minimum atomic E-state index is 0.213. The molecule has 2 rings (SSSR count).